The highest BCUT2D eigenvalue weighted by molar-refractivity contribution is 7.88. The largest absolute Gasteiger partial charge is 0.255 e. The van der Waals surface area contributed by atoms with Gasteiger partial charge in [-0.2, -0.15) is 0 Å². The molecule has 0 aromatic rings. The van der Waals surface area contributed by atoms with Gasteiger partial charge in [-0.15, -0.1) is 0 Å². The molecular weight excluding hydrogens is 144 g/mol. The maximum Gasteiger partial charge on any atom is 0.0459 e. The standard InChI is InChI=1S/C8H10OS/c1-10(9)8-5-6-2-3-7(8)4-6/h2-3,5-7H,4H2,1H3/t6-,7+,10?/m1/s1. The molecule has 0 saturated heterocycles. The van der Waals surface area contributed by atoms with E-state index in [1.807, 2.05) is 0 Å². The second kappa shape index (κ2) is 2.06. The first-order valence-electron chi connectivity index (χ1n) is 3.51. The minimum absolute atomic E-state index is 0.510. The summed E-state index contributed by atoms with van der Waals surface area (Å²) in [5, 5.41) is 0. The monoisotopic (exact) mass is 154 g/mol. The predicted molar refractivity (Wildman–Crippen MR) is 42.9 cm³/mol. The summed E-state index contributed by atoms with van der Waals surface area (Å²) in [4.78, 5) is 1.15. The molecular formula is C8H10OS. The van der Waals surface area contributed by atoms with E-state index in [2.05, 4.69) is 18.2 Å². The third-order valence-corrected chi connectivity index (χ3v) is 3.30. The zero-order valence-electron chi connectivity index (χ0n) is 5.91. The van der Waals surface area contributed by atoms with Crippen molar-refractivity contribution in [3.8, 4) is 0 Å². The number of rotatable bonds is 1. The van der Waals surface area contributed by atoms with Crippen molar-refractivity contribution >= 4 is 10.8 Å². The van der Waals surface area contributed by atoms with Crippen LogP contribution in [0.2, 0.25) is 0 Å². The Bertz CT molecular complexity index is 240. The molecule has 0 fully saturated rings. The molecule has 0 N–H and O–H groups in total. The van der Waals surface area contributed by atoms with Gasteiger partial charge in [-0.1, -0.05) is 18.2 Å². The Balaban J connectivity index is 2.29. The smallest absolute Gasteiger partial charge is 0.0459 e. The third kappa shape index (κ3) is 0.788. The van der Waals surface area contributed by atoms with E-state index in [1.165, 1.54) is 6.42 Å². The number of fused-ring (bicyclic) bond motifs is 2. The number of allylic oxidation sites excluding steroid dienone is 4. The molecule has 0 heterocycles. The van der Waals surface area contributed by atoms with E-state index >= 15 is 0 Å². The van der Waals surface area contributed by atoms with Crippen LogP contribution in [0.15, 0.2) is 23.1 Å². The van der Waals surface area contributed by atoms with E-state index in [1.54, 1.807) is 6.26 Å². The number of hydrogen-bond acceptors (Lipinski definition) is 1. The summed E-state index contributed by atoms with van der Waals surface area (Å²) in [6, 6.07) is 0. The number of hydrogen-bond donors (Lipinski definition) is 0. The first-order valence-corrected chi connectivity index (χ1v) is 5.06. The van der Waals surface area contributed by atoms with Gasteiger partial charge in [0, 0.05) is 27.9 Å². The molecule has 2 bridgehead atoms. The molecule has 0 aromatic heterocycles. The molecule has 1 nitrogen and oxygen atoms in total. The van der Waals surface area contributed by atoms with Gasteiger partial charge in [-0.25, -0.2) is 0 Å². The summed E-state index contributed by atoms with van der Waals surface area (Å²) >= 11 is 0. The molecule has 10 heavy (non-hydrogen) atoms. The quantitative estimate of drug-likeness (QED) is 0.522. The summed E-state index contributed by atoms with van der Waals surface area (Å²) < 4.78 is 11.0. The Morgan fingerprint density at radius 1 is 1.60 bits per heavy atom. The van der Waals surface area contributed by atoms with Crippen molar-refractivity contribution in [1.29, 1.82) is 0 Å². The molecule has 54 valence electrons. The van der Waals surface area contributed by atoms with E-state index < -0.39 is 10.8 Å². The summed E-state index contributed by atoms with van der Waals surface area (Å²) in [5.41, 5.74) is 0. The Morgan fingerprint density at radius 3 is 2.70 bits per heavy atom. The van der Waals surface area contributed by atoms with Crippen LogP contribution in [0.5, 0.6) is 0 Å². The van der Waals surface area contributed by atoms with Crippen LogP contribution >= 0.6 is 0 Å². The van der Waals surface area contributed by atoms with Gasteiger partial charge in [-0.3, -0.25) is 4.21 Å². The second-order valence-electron chi connectivity index (χ2n) is 2.91. The van der Waals surface area contributed by atoms with Gasteiger partial charge in [0.25, 0.3) is 0 Å². The summed E-state index contributed by atoms with van der Waals surface area (Å²) in [7, 11) is -0.731. The van der Waals surface area contributed by atoms with Crippen LogP contribution < -0.4 is 0 Å². The fourth-order valence-electron chi connectivity index (χ4n) is 1.71. The van der Waals surface area contributed by atoms with Crippen molar-refractivity contribution in [2.24, 2.45) is 11.8 Å². The fourth-order valence-corrected chi connectivity index (χ4v) is 2.67. The maximum absolute atomic E-state index is 11.0. The predicted octanol–water partition coefficient (Wildman–Crippen LogP) is 1.45. The molecule has 2 aliphatic rings. The lowest BCUT2D eigenvalue weighted by molar-refractivity contribution is 0.682. The Kier molecular flexibility index (Phi) is 1.31. The molecule has 3 atom stereocenters. The van der Waals surface area contributed by atoms with Gasteiger partial charge >= 0.3 is 0 Å². The van der Waals surface area contributed by atoms with Crippen molar-refractivity contribution in [3.63, 3.8) is 0 Å². The molecule has 2 rings (SSSR count). The molecule has 0 aliphatic heterocycles. The minimum Gasteiger partial charge on any atom is -0.255 e. The molecule has 0 amide bonds. The van der Waals surface area contributed by atoms with Crippen LogP contribution in [0.3, 0.4) is 0 Å². The molecule has 0 radical (unpaired) electrons. The van der Waals surface area contributed by atoms with Gasteiger partial charge in [0.2, 0.25) is 0 Å². The van der Waals surface area contributed by atoms with E-state index in [9.17, 15) is 4.21 Å². The van der Waals surface area contributed by atoms with Crippen LogP contribution in [0, 0.1) is 11.8 Å². The highest BCUT2D eigenvalue weighted by Crippen LogP contribution is 2.39. The summed E-state index contributed by atoms with van der Waals surface area (Å²) in [5.74, 6) is 1.11. The lowest BCUT2D eigenvalue weighted by atomic mass is 10.2. The third-order valence-electron chi connectivity index (χ3n) is 2.19. The highest BCUT2D eigenvalue weighted by Gasteiger charge is 2.29. The first kappa shape index (κ1) is 6.35. The Hall–Kier alpha value is -0.370. The van der Waals surface area contributed by atoms with E-state index in [-0.39, 0.29) is 0 Å². The summed E-state index contributed by atoms with van der Waals surface area (Å²) in [6.07, 6.45) is 9.48. The van der Waals surface area contributed by atoms with E-state index in [0.717, 1.165) is 4.91 Å². The highest BCUT2D eigenvalue weighted by atomic mass is 32.2. The zero-order valence-corrected chi connectivity index (χ0v) is 6.73. The van der Waals surface area contributed by atoms with Gasteiger partial charge in [0.05, 0.1) is 0 Å². The minimum atomic E-state index is -0.731. The summed E-state index contributed by atoms with van der Waals surface area (Å²) in [6.45, 7) is 0. The van der Waals surface area contributed by atoms with Crippen molar-refractivity contribution in [2.45, 2.75) is 6.42 Å². The topological polar surface area (TPSA) is 17.1 Å². The van der Waals surface area contributed by atoms with Gasteiger partial charge in [-0.05, 0) is 12.3 Å². The van der Waals surface area contributed by atoms with Crippen molar-refractivity contribution in [2.75, 3.05) is 6.26 Å². The second-order valence-corrected chi connectivity index (χ2v) is 4.29. The van der Waals surface area contributed by atoms with Crippen LogP contribution in [-0.2, 0) is 10.8 Å². The van der Waals surface area contributed by atoms with Gasteiger partial charge in [0.1, 0.15) is 0 Å². The van der Waals surface area contributed by atoms with E-state index in [0.29, 0.717) is 11.8 Å². The fraction of sp³-hybridized carbons (Fsp3) is 0.500. The average molecular weight is 154 g/mol. The molecule has 1 unspecified atom stereocenters. The van der Waals surface area contributed by atoms with Crippen molar-refractivity contribution < 1.29 is 4.21 Å². The SMILES string of the molecule is CS(=O)C1=C[C@@H]2C=C[C@H]1C2. The first-order chi connectivity index (χ1) is 4.77. The zero-order chi connectivity index (χ0) is 7.14. The van der Waals surface area contributed by atoms with Crippen LogP contribution in [0.4, 0.5) is 0 Å². The molecule has 0 saturated carbocycles. The normalized spacial score (nSPS) is 38.3. The Labute approximate surface area is 63.3 Å². The average Bonchev–Trinajstić information content (AvgIpc) is 2.44. The van der Waals surface area contributed by atoms with Crippen molar-refractivity contribution in [3.05, 3.63) is 23.1 Å². The van der Waals surface area contributed by atoms with Crippen LogP contribution in [0.1, 0.15) is 6.42 Å². The molecule has 0 spiro atoms. The molecule has 0 aromatic carbocycles. The molecule has 2 heteroatoms. The molecule has 2 aliphatic carbocycles. The van der Waals surface area contributed by atoms with Gasteiger partial charge in [0.15, 0.2) is 0 Å². The van der Waals surface area contributed by atoms with Gasteiger partial charge < -0.3 is 0 Å². The lowest BCUT2D eigenvalue weighted by Gasteiger charge is -2.04. The van der Waals surface area contributed by atoms with E-state index in [4.69, 9.17) is 0 Å². The Morgan fingerprint density at radius 2 is 2.40 bits per heavy atom. The maximum atomic E-state index is 11.0. The van der Waals surface area contributed by atoms with Crippen molar-refractivity contribution in [1.82, 2.24) is 0 Å². The van der Waals surface area contributed by atoms with Crippen LogP contribution in [-0.4, -0.2) is 10.5 Å². The van der Waals surface area contributed by atoms with Crippen LogP contribution in [0.25, 0.3) is 0 Å². The lowest BCUT2D eigenvalue weighted by Crippen LogP contribution is -1.98.